The molecule has 0 aromatic heterocycles. The van der Waals surface area contributed by atoms with E-state index in [0.717, 1.165) is 37.0 Å². The lowest BCUT2D eigenvalue weighted by atomic mass is 9.85. The number of esters is 3. The van der Waals surface area contributed by atoms with Crippen molar-refractivity contribution >= 4 is 29.7 Å². The van der Waals surface area contributed by atoms with Gasteiger partial charge in [-0.05, 0) is 43.7 Å². The molecule has 0 bridgehead atoms. The number of thioether (sulfide) groups is 1. The lowest BCUT2D eigenvalue weighted by Gasteiger charge is -2.27. The predicted octanol–water partition coefficient (Wildman–Crippen LogP) is 4.93. The molecular weight excluding hydrogens is 468 g/mol. The second-order valence-corrected chi connectivity index (χ2v) is 10.3. The van der Waals surface area contributed by atoms with Crippen LogP contribution in [-0.4, -0.2) is 54.2 Å². The largest absolute Gasteiger partial charge is 0.469 e. The zero-order valence-corrected chi connectivity index (χ0v) is 22.0. The Morgan fingerprint density at radius 3 is 2.37 bits per heavy atom. The van der Waals surface area contributed by atoms with E-state index >= 15 is 0 Å². The number of benzene rings is 1. The number of carbonyl (C=O) groups is 3. The van der Waals surface area contributed by atoms with Crippen LogP contribution >= 0.6 is 11.8 Å². The van der Waals surface area contributed by atoms with Crippen LogP contribution in [0.1, 0.15) is 71.6 Å². The Hall–Kier alpha value is -2.06. The number of hydrogen-bond acceptors (Lipinski definition) is 8. The van der Waals surface area contributed by atoms with Crippen LogP contribution in [0.2, 0.25) is 0 Å². The van der Waals surface area contributed by atoms with Gasteiger partial charge in [0, 0.05) is 43.3 Å². The van der Waals surface area contributed by atoms with Gasteiger partial charge in [0.2, 0.25) is 0 Å². The van der Waals surface area contributed by atoms with Gasteiger partial charge >= 0.3 is 17.9 Å². The maximum Gasteiger partial charge on any atom is 0.305 e. The van der Waals surface area contributed by atoms with E-state index in [1.165, 1.54) is 21.0 Å². The summed E-state index contributed by atoms with van der Waals surface area (Å²) in [5.41, 5.74) is 0. The first kappa shape index (κ1) is 29.2. The van der Waals surface area contributed by atoms with E-state index in [2.05, 4.69) is 4.74 Å². The standard InChI is InChI=1S/C27H40O7S/c1-19(28)33-21(18-35-22-11-7-6-8-12-22)15-16-23-24(26(17-25(23)30)34-20(2)29)13-9-4-5-10-14-27(31)32-3/h6-8,11-12,21,23-26,30H,4-5,9-10,13-18H2,1-3H3/t21?,23-,24-,25-,26+/m1/s1. The number of rotatable bonds is 15. The molecule has 1 unspecified atom stereocenters. The van der Waals surface area contributed by atoms with Crippen molar-refractivity contribution in [2.45, 2.75) is 94.8 Å². The molecule has 1 aliphatic rings. The van der Waals surface area contributed by atoms with E-state index in [9.17, 15) is 19.5 Å². The SMILES string of the molecule is COC(=O)CCCCCC[C@@H]1[C@@H](CCC(CSc2ccccc2)OC(C)=O)[C@H](O)C[C@@H]1OC(C)=O. The maximum atomic E-state index is 11.7. The summed E-state index contributed by atoms with van der Waals surface area (Å²) < 4.78 is 15.8. The van der Waals surface area contributed by atoms with Crippen LogP contribution in [0.5, 0.6) is 0 Å². The van der Waals surface area contributed by atoms with Crippen LogP contribution in [0.25, 0.3) is 0 Å². The van der Waals surface area contributed by atoms with Gasteiger partial charge in [-0.15, -0.1) is 11.8 Å². The molecule has 1 saturated carbocycles. The molecule has 7 nitrogen and oxygen atoms in total. The molecule has 0 heterocycles. The summed E-state index contributed by atoms with van der Waals surface area (Å²) in [6, 6.07) is 9.98. The first-order chi connectivity index (χ1) is 16.8. The van der Waals surface area contributed by atoms with Crippen molar-refractivity contribution in [1.29, 1.82) is 0 Å². The first-order valence-corrected chi connectivity index (χ1v) is 13.6. The third-order valence-electron chi connectivity index (χ3n) is 6.54. The maximum absolute atomic E-state index is 11.7. The molecule has 35 heavy (non-hydrogen) atoms. The van der Waals surface area contributed by atoms with E-state index in [4.69, 9.17) is 9.47 Å². The van der Waals surface area contributed by atoms with Crippen LogP contribution in [0.4, 0.5) is 0 Å². The molecule has 1 N–H and O–H groups in total. The number of methoxy groups -OCH3 is 1. The highest BCUT2D eigenvalue weighted by atomic mass is 32.2. The summed E-state index contributed by atoms with van der Waals surface area (Å²) >= 11 is 1.65. The Balaban J connectivity index is 1.92. The predicted molar refractivity (Wildman–Crippen MR) is 135 cm³/mol. The van der Waals surface area contributed by atoms with Crippen molar-refractivity contribution in [2.24, 2.45) is 11.8 Å². The molecule has 1 aliphatic carbocycles. The average Bonchev–Trinajstić information content (AvgIpc) is 3.11. The van der Waals surface area contributed by atoms with E-state index < -0.39 is 6.10 Å². The topological polar surface area (TPSA) is 99.1 Å². The molecule has 0 spiro atoms. The lowest BCUT2D eigenvalue weighted by Crippen LogP contribution is -2.27. The second-order valence-electron chi connectivity index (χ2n) is 9.24. The third-order valence-corrected chi connectivity index (χ3v) is 7.69. The van der Waals surface area contributed by atoms with Gasteiger partial charge in [0.1, 0.15) is 12.2 Å². The van der Waals surface area contributed by atoms with Crippen molar-refractivity contribution in [3.05, 3.63) is 30.3 Å². The van der Waals surface area contributed by atoms with Crippen molar-refractivity contribution in [1.82, 2.24) is 0 Å². The lowest BCUT2D eigenvalue weighted by molar-refractivity contribution is -0.149. The second kappa shape index (κ2) is 15.8. The van der Waals surface area contributed by atoms with Crippen molar-refractivity contribution in [3.63, 3.8) is 0 Å². The summed E-state index contributed by atoms with van der Waals surface area (Å²) in [6.07, 6.45) is 5.56. The number of aliphatic hydroxyl groups excluding tert-OH is 1. The summed E-state index contributed by atoms with van der Waals surface area (Å²) in [5, 5.41) is 10.8. The monoisotopic (exact) mass is 508 g/mol. The molecule has 8 heteroatoms. The molecule has 2 rings (SSSR count). The van der Waals surface area contributed by atoms with Crippen LogP contribution in [0.3, 0.4) is 0 Å². The van der Waals surface area contributed by atoms with Gasteiger partial charge in [0.15, 0.2) is 0 Å². The molecule has 196 valence electrons. The van der Waals surface area contributed by atoms with E-state index in [1.807, 2.05) is 30.3 Å². The van der Waals surface area contributed by atoms with Gasteiger partial charge in [-0.25, -0.2) is 0 Å². The Bertz CT molecular complexity index is 785. The smallest absolute Gasteiger partial charge is 0.305 e. The Morgan fingerprint density at radius 2 is 1.71 bits per heavy atom. The fourth-order valence-electron chi connectivity index (χ4n) is 4.90. The van der Waals surface area contributed by atoms with Crippen LogP contribution in [0, 0.1) is 11.8 Å². The summed E-state index contributed by atoms with van der Waals surface area (Å²) in [4.78, 5) is 35.7. The number of hydrogen-bond donors (Lipinski definition) is 1. The average molecular weight is 509 g/mol. The minimum absolute atomic E-state index is 0.0193. The molecule has 0 saturated heterocycles. The minimum Gasteiger partial charge on any atom is -0.469 e. The van der Waals surface area contributed by atoms with Crippen molar-refractivity contribution < 1.29 is 33.7 Å². The first-order valence-electron chi connectivity index (χ1n) is 12.6. The summed E-state index contributed by atoms with van der Waals surface area (Å²) in [7, 11) is 1.40. The van der Waals surface area contributed by atoms with Crippen molar-refractivity contribution in [3.8, 4) is 0 Å². The fraction of sp³-hybridized carbons (Fsp3) is 0.667. The fourth-order valence-corrected chi connectivity index (χ4v) is 5.87. The Kier molecular flexibility index (Phi) is 13.2. The van der Waals surface area contributed by atoms with Gasteiger partial charge in [0.05, 0.1) is 13.2 Å². The highest BCUT2D eigenvalue weighted by molar-refractivity contribution is 7.99. The van der Waals surface area contributed by atoms with Gasteiger partial charge in [0.25, 0.3) is 0 Å². The molecule has 1 aromatic carbocycles. The summed E-state index contributed by atoms with van der Waals surface area (Å²) in [5.74, 6) is -0.139. The van der Waals surface area contributed by atoms with Crippen LogP contribution in [-0.2, 0) is 28.6 Å². The Morgan fingerprint density at radius 1 is 1.00 bits per heavy atom. The molecule has 0 radical (unpaired) electrons. The van der Waals surface area contributed by atoms with Gasteiger partial charge < -0.3 is 19.3 Å². The number of carbonyl (C=O) groups excluding carboxylic acids is 3. The summed E-state index contributed by atoms with van der Waals surface area (Å²) in [6.45, 7) is 2.82. The molecule has 0 aliphatic heterocycles. The normalized spacial score (nSPS) is 22.4. The number of aliphatic hydroxyl groups is 1. The zero-order valence-electron chi connectivity index (χ0n) is 21.1. The minimum atomic E-state index is -0.552. The van der Waals surface area contributed by atoms with Gasteiger partial charge in [-0.2, -0.15) is 0 Å². The van der Waals surface area contributed by atoms with Crippen LogP contribution < -0.4 is 0 Å². The molecule has 1 aromatic rings. The quantitative estimate of drug-likeness (QED) is 0.154. The van der Waals surface area contributed by atoms with Gasteiger partial charge in [-0.3, -0.25) is 14.4 Å². The van der Waals surface area contributed by atoms with Crippen molar-refractivity contribution in [2.75, 3.05) is 12.9 Å². The zero-order chi connectivity index (χ0) is 25.6. The molecule has 1 fully saturated rings. The molecule has 5 atom stereocenters. The Labute approximate surface area is 213 Å². The van der Waals surface area contributed by atoms with Gasteiger partial charge in [-0.1, -0.05) is 37.5 Å². The van der Waals surface area contributed by atoms with Crippen LogP contribution in [0.15, 0.2) is 35.2 Å². The highest BCUT2D eigenvalue weighted by Crippen LogP contribution is 2.41. The molecule has 0 amide bonds. The van der Waals surface area contributed by atoms with E-state index in [1.54, 1.807) is 11.8 Å². The van der Waals surface area contributed by atoms with E-state index in [-0.39, 0.29) is 42.0 Å². The number of unbranched alkanes of at least 4 members (excludes halogenated alkanes) is 3. The number of ether oxygens (including phenoxy) is 3. The molecular formula is C27H40O7S. The third kappa shape index (κ3) is 11.0. The highest BCUT2D eigenvalue weighted by Gasteiger charge is 2.43. The van der Waals surface area contributed by atoms with E-state index in [0.29, 0.717) is 31.4 Å².